The molecule has 0 heterocycles. The van der Waals surface area contributed by atoms with Gasteiger partial charge in [-0.05, 0) is 37.7 Å². The fourth-order valence-electron chi connectivity index (χ4n) is 1.98. The molecule has 1 aliphatic carbocycles. The molecule has 0 aliphatic heterocycles. The third kappa shape index (κ3) is 2.22. The lowest BCUT2D eigenvalue weighted by molar-refractivity contribution is 0.0943. The number of hydrogen-bond acceptors (Lipinski definition) is 1. The van der Waals surface area contributed by atoms with E-state index >= 15 is 0 Å². The number of ketones is 1. The van der Waals surface area contributed by atoms with Crippen LogP contribution in [0.2, 0.25) is 0 Å². The highest BCUT2D eigenvalue weighted by molar-refractivity contribution is 9.10. The maximum absolute atomic E-state index is 12.3. The highest BCUT2D eigenvalue weighted by Crippen LogP contribution is 2.46. The van der Waals surface area contributed by atoms with Gasteiger partial charge in [0.2, 0.25) is 0 Å². The summed E-state index contributed by atoms with van der Waals surface area (Å²) in [5, 5.41) is 0. The van der Waals surface area contributed by atoms with Crippen LogP contribution in [-0.2, 0) is 6.42 Å². The standard InChI is InChI=1S/C14H17BrO/c1-3-10-4-6-11(7-5-10)13(16)14(2,15)12-8-9-12/h4-7,12H,3,8-9H2,1-2H3. The van der Waals surface area contributed by atoms with E-state index in [-0.39, 0.29) is 10.1 Å². The molecule has 1 nitrogen and oxygen atoms in total. The molecule has 86 valence electrons. The van der Waals surface area contributed by atoms with Crippen LogP contribution in [-0.4, -0.2) is 10.1 Å². The fraction of sp³-hybridized carbons (Fsp3) is 0.500. The Kier molecular flexibility index (Phi) is 3.20. The van der Waals surface area contributed by atoms with E-state index in [1.165, 1.54) is 18.4 Å². The monoisotopic (exact) mass is 280 g/mol. The van der Waals surface area contributed by atoms with E-state index in [1.807, 2.05) is 31.2 Å². The lowest BCUT2D eigenvalue weighted by Crippen LogP contribution is -2.30. The molecule has 2 rings (SSSR count). The van der Waals surface area contributed by atoms with Crippen molar-refractivity contribution in [3.05, 3.63) is 35.4 Å². The van der Waals surface area contributed by atoms with Crippen molar-refractivity contribution in [3.63, 3.8) is 0 Å². The Morgan fingerprint density at radius 1 is 1.38 bits per heavy atom. The van der Waals surface area contributed by atoms with Gasteiger partial charge in [-0.15, -0.1) is 0 Å². The molecule has 1 aromatic rings. The van der Waals surface area contributed by atoms with Gasteiger partial charge >= 0.3 is 0 Å². The van der Waals surface area contributed by atoms with Crippen molar-refractivity contribution in [2.24, 2.45) is 5.92 Å². The SMILES string of the molecule is CCc1ccc(C(=O)C(C)(Br)C2CC2)cc1. The molecular weight excluding hydrogens is 264 g/mol. The molecule has 0 aromatic heterocycles. The van der Waals surface area contributed by atoms with Gasteiger partial charge in [0.1, 0.15) is 0 Å². The molecular formula is C14H17BrO. The summed E-state index contributed by atoms with van der Waals surface area (Å²) in [6.07, 6.45) is 3.35. The molecule has 0 saturated heterocycles. The second kappa shape index (κ2) is 4.33. The normalized spacial score (nSPS) is 19.2. The molecule has 1 atom stereocenters. The molecule has 0 amide bonds. The minimum Gasteiger partial charge on any atom is -0.293 e. The van der Waals surface area contributed by atoms with E-state index in [0.29, 0.717) is 5.92 Å². The number of hydrogen-bond donors (Lipinski definition) is 0. The van der Waals surface area contributed by atoms with Gasteiger partial charge in [-0.2, -0.15) is 0 Å². The van der Waals surface area contributed by atoms with Gasteiger partial charge in [-0.1, -0.05) is 47.1 Å². The Morgan fingerprint density at radius 2 is 1.94 bits per heavy atom. The summed E-state index contributed by atoms with van der Waals surface area (Å²) in [5.41, 5.74) is 2.10. The third-order valence-electron chi connectivity index (χ3n) is 3.41. The third-order valence-corrected chi connectivity index (χ3v) is 4.42. The minimum atomic E-state index is -0.360. The lowest BCUT2D eigenvalue weighted by Gasteiger charge is -2.20. The van der Waals surface area contributed by atoms with Crippen LogP contribution in [0.1, 0.15) is 42.6 Å². The molecule has 0 radical (unpaired) electrons. The topological polar surface area (TPSA) is 17.1 Å². The van der Waals surface area contributed by atoms with Crippen molar-refractivity contribution in [1.82, 2.24) is 0 Å². The molecule has 2 heteroatoms. The summed E-state index contributed by atoms with van der Waals surface area (Å²) in [4.78, 5) is 12.3. The number of Topliss-reactive ketones (excluding diaryl/α,β-unsaturated/α-hetero) is 1. The Balaban J connectivity index is 2.19. The molecule has 0 bridgehead atoms. The van der Waals surface area contributed by atoms with Crippen LogP contribution in [0, 0.1) is 5.92 Å². The number of halogens is 1. The van der Waals surface area contributed by atoms with Crippen LogP contribution in [0.5, 0.6) is 0 Å². The number of carbonyl (C=O) groups excluding carboxylic acids is 1. The molecule has 1 unspecified atom stereocenters. The first kappa shape index (κ1) is 11.8. The van der Waals surface area contributed by atoms with Gasteiger partial charge in [0.05, 0.1) is 4.32 Å². The second-order valence-corrected chi connectivity index (χ2v) is 6.38. The Morgan fingerprint density at radius 3 is 2.38 bits per heavy atom. The van der Waals surface area contributed by atoms with E-state index in [1.54, 1.807) is 0 Å². The Labute approximate surface area is 105 Å². The first-order valence-corrected chi connectivity index (χ1v) is 6.67. The summed E-state index contributed by atoms with van der Waals surface area (Å²) in [7, 11) is 0. The van der Waals surface area contributed by atoms with Gasteiger partial charge in [-0.3, -0.25) is 4.79 Å². The first-order chi connectivity index (χ1) is 7.55. The van der Waals surface area contributed by atoms with Gasteiger partial charge in [0, 0.05) is 5.56 Å². The fourth-order valence-corrected chi connectivity index (χ4v) is 2.67. The van der Waals surface area contributed by atoms with Crippen molar-refractivity contribution >= 4 is 21.7 Å². The molecule has 0 N–H and O–H groups in total. The predicted molar refractivity (Wildman–Crippen MR) is 70.2 cm³/mol. The lowest BCUT2D eigenvalue weighted by atomic mass is 9.94. The Bertz CT molecular complexity index is 388. The zero-order valence-corrected chi connectivity index (χ0v) is 11.4. The van der Waals surface area contributed by atoms with Gasteiger partial charge < -0.3 is 0 Å². The minimum absolute atomic E-state index is 0.220. The van der Waals surface area contributed by atoms with Crippen LogP contribution >= 0.6 is 15.9 Å². The highest BCUT2D eigenvalue weighted by atomic mass is 79.9. The van der Waals surface area contributed by atoms with E-state index < -0.39 is 0 Å². The van der Waals surface area contributed by atoms with Gasteiger partial charge in [0.15, 0.2) is 5.78 Å². The van der Waals surface area contributed by atoms with E-state index in [4.69, 9.17) is 0 Å². The van der Waals surface area contributed by atoms with Crippen molar-refractivity contribution < 1.29 is 4.79 Å². The molecule has 1 aromatic carbocycles. The smallest absolute Gasteiger partial charge is 0.179 e. The average Bonchev–Trinajstić information content (AvgIpc) is 3.12. The van der Waals surface area contributed by atoms with Crippen LogP contribution < -0.4 is 0 Å². The zero-order valence-electron chi connectivity index (χ0n) is 9.79. The highest BCUT2D eigenvalue weighted by Gasteiger charge is 2.45. The van der Waals surface area contributed by atoms with E-state index in [0.717, 1.165) is 12.0 Å². The molecule has 1 fully saturated rings. The molecule has 1 aliphatic rings. The predicted octanol–water partition coefficient (Wildman–Crippen LogP) is 4.00. The van der Waals surface area contributed by atoms with Gasteiger partial charge in [-0.25, -0.2) is 0 Å². The summed E-state index contributed by atoms with van der Waals surface area (Å²) < 4.78 is -0.360. The van der Waals surface area contributed by atoms with Crippen molar-refractivity contribution in [3.8, 4) is 0 Å². The van der Waals surface area contributed by atoms with E-state index in [9.17, 15) is 4.79 Å². The second-order valence-electron chi connectivity index (χ2n) is 4.73. The van der Waals surface area contributed by atoms with Crippen LogP contribution in [0.3, 0.4) is 0 Å². The zero-order chi connectivity index (χ0) is 11.8. The maximum Gasteiger partial charge on any atom is 0.179 e. The number of rotatable bonds is 4. The summed E-state index contributed by atoms with van der Waals surface area (Å²) in [6, 6.07) is 7.98. The molecule has 0 spiro atoms. The number of carbonyl (C=O) groups is 1. The summed E-state index contributed by atoms with van der Waals surface area (Å²) in [5.74, 6) is 0.739. The van der Waals surface area contributed by atoms with Crippen molar-refractivity contribution in [2.45, 2.75) is 37.4 Å². The largest absolute Gasteiger partial charge is 0.293 e. The maximum atomic E-state index is 12.3. The number of benzene rings is 1. The first-order valence-electron chi connectivity index (χ1n) is 5.88. The van der Waals surface area contributed by atoms with Crippen LogP contribution in [0.15, 0.2) is 24.3 Å². The van der Waals surface area contributed by atoms with Crippen LogP contribution in [0.25, 0.3) is 0 Å². The summed E-state index contributed by atoms with van der Waals surface area (Å²) in [6.45, 7) is 4.12. The van der Waals surface area contributed by atoms with Gasteiger partial charge in [0.25, 0.3) is 0 Å². The Hall–Kier alpha value is -0.630. The number of aryl methyl sites for hydroxylation is 1. The quantitative estimate of drug-likeness (QED) is 0.602. The number of alkyl halides is 1. The molecule has 16 heavy (non-hydrogen) atoms. The van der Waals surface area contributed by atoms with Crippen LogP contribution in [0.4, 0.5) is 0 Å². The summed E-state index contributed by atoms with van der Waals surface area (Å²) >= 11 is 3.60. The average molecular weight is 281 g/mol. The van der Waals surface area contributed by atoms with Crippen molar-refractivity contribution in [1.29, 1.82) is 0 Å². The van der Waals surface area contributed by atoms with Crippen molar-refractivity contribution in [2.75, 3.05) is 0 Å². The molecule has 1 saturated carbocycles. The van der Waals surface area contributed by atoms with E-state index in [2.05, 4.69) is 22.9 Å².